The van der Waals surface area contributed by atoms with Crippen LogP contribution in [0.5, 0.6) is 0 Å². The van der Waals surface area contributed by atoms with E-state index in [0.29, 0.717) is 5.95 Å². The monoisotopic (exact) mass is 345 g/mol. The molecule has 4 aromatic rings. The molecule has 0 saturated carbocycles. The molecule has 3 aromatic heterocycles. The molecule has 6 nitrogen and oxygen atoms in total. The van der Waals surface area contributed by atoms with E-state index in [9.17, 15) is 0 Å². The number of furan rings is 1. The lowest BCUT2D eigenvalue weighted by atomic mass is 10.1. The van der Waals surface area contributed by atoms with Crippen molar-refractivity contribution >= 4 is 22.7 Å². The van der Waals surface area contributed by atoms with Crippen molar-refractivity contribution in [3.63, 3.8) is 0 Å². The SMILES string of the molecule is Cn1ccc2c(-c3cc4c(o3)CCNC4)nc(Nc3ccccc3)nc21. The molecule has 4 heterocycles. The molecule has 2 N–H and O–H groups in total. The fourth-order valence-corrected chi connectivity index (χ4v) is 3.40. The molecule has 0 radical (unpaired) electrons. The Balaban J connectivity index is 1.65. The van der Waals surface area contributed by atoms with Gasteiger partial charge < -0.3 is 19.6 Å². The maximum Gasteiger partial charge on any atom is 0.229 e. The summed E-state index contributed by atoms with van der Waals surface area (Å²) in [5.41, 5.74) is 3.87. The molecule has 0 atom stereocenters. The summed E-state index contributed by atoms with van der Waals surface area (Å²) in [7, 11) is 1.99. The van der Waals surface area contributed by atoms with Gasteiger partial charge in [-0.15, -0.1) is 0 Å². The van der Waals surface area contributed by atoms with Crippen molar-refractivity contribution in [1.29, 1.82) is 0 Å². The van der Waals surface area contributed by atoms with Crippen LogP contribution in [0.3, 0.4) is 0 Å². The van der Waals surface area contributed by atoms with Gasteiger partial charge in [-0.05, 0) is 24.3 Å². The summed E-state index contributed by atoms with van der Waals surface area (Å²) >= 11 is 0. The standard InChI is InChI=1S/C20H19N5O/c1-25-10-8-15-18(17-11-13-12-21-9-7-16(13)26-17)23-20(24-19(15)25)22-14-5-3-2-4-6-14/h2-6,8,10-11,21H,7,9,12H2,1H3,(H,22,23,24). The smallest absolute Gasteiger partial charge is 0.229 e. The number of nitrogens with one attached hydrogen (secondary N) is 2. The van der Waals surface area contributed by atoms with Gasteiger partial charge in [0.2, 0.25) is 5.95 Å². The second-order valence-electron chi connectivity index (χ2n) is 6.54. The van der Waals surface area contributed by atoms with Gasteiger partial charge in [0.1, 0.15) is 17.1 Å². The number of aryl methyl sites for hydroxylation is 1. The molecule has 6 heteroatoms. The number of nitrogens with zero attached hydrogens (tertiary/aromatic N) is 3. The Labute approximate surface area is 150 Å². The number of hydrogen-bond acceptors (Lipinski definition) is 5. The van der Waals surface area contributed by atoms with Crippen LogP contribution in [0.25, 0.3) is 22.5 Å². The number of hydrogen-bond donors (Lipinski definition) is 2. The number of rotatable bonds is 3. The van der Waals surface area contributed by atoms with E-state index in [1.807, 2.05) is 54.2 Å². The average molecular weight is 345 g/mol. The Morgan fingerprint density at radius 2 is 2.04 bits per heavy atom. The highest BCUT2D eigenvalue weighted by molar-refractivity contribution is 5.91. The third-order valence-electron chi connectivity index (χ3n) is 4.73. The third kappa shape index (κ3) is 2.55. The van der Waals surface area contributed by atoms with Crippen LogP contribution in [0.2, 0.25) is 0 Å². The number of anilines is 2. The number of aromatic nitrogens is 3. The van der Waals surface area contributed by atoms with Crippen LogP contribution in [-0.2, 0) is 20.0 Å². The van der Waals surface area contributed by atoms with E-state index in [4.69, 9.17) is 9.40 Å². The number of para-hydroxylation sites is 1. The molecule has 1 aliphatic heterocycles. The van der Waals surface area contributed by atoms with Gasteiger partial charge in [-0.25, -0.2) is 4.98 Å². The third-order valence-corrected chi connectivity index (χ3v) is 4.73. The Bertz CT molecular complexity index is 1060. The molecule has 1 aliphatic rings. The summed E-state index contributed by atoms with van der Waals surface area (Å²) in [5, 5.41) is 7.67. The van der Waals surface area contributed by atoms with Crippen LogP contribution >= 0.6 is 0 Å². The van der Waals surface area contributed by atoms with E-state index in [-0.39, 0.29) is 0 Å². The Morgan fingerprint density at radius 3 is 2.88 bits per heavy atom. The van der Waals surface area contributed by atoms with E-state index >= 15 is 0 Å². The van der Waals surface area contributed by atoms with E-state index in [1.54, 1.807) is 0 Å². The Kier molecular flexibility index (Phi) is 3.50. The molecule has 0 spiro atoms. The highest BCUT2D eigenvalue weighted by atomic mass is 16.3. The maximum atomic E-state index is 6.15. The van der Waals surface area contributed by atoms with Crippen molar-refractivity contribution in [3.8, 4) is 11.5 Å². The molecule has 0 amide bonds. The van der Waals surface area contributed by atoms with Crippen molar-refractivity contribution in [2.75, 3.05) is 11.9 Å². The molecule has 0 aliphatic carbocycles. The van der Waals surface area contributed by atoms with Crippen LogP contribution in [-0.4, -0.2) is 21.1 Å². The lowest BCUT2D eigenvalue weighted by Gasteiger charge is -2.09. The minimum atomic E-state index is 0.563. The normalized spacial score (nSPS) is 13.7. The number of fused-ring (bicyclic) bond motifs is 2. The second-order valence-corrected chi connectivity index (χ2v) is 6.54. The first-order valence-electron chi connectivity index (χ1n) is 8.76. The zero-order valence-corrected chi connectivity index (χ0v) is 14.5. The van der Waals surface area contributed by atoms with Crippen molar-refractivity contribution in [1.82, 2.24) is 19.9 Å². The topological polar surface area (TPSA) is 67.9 Å². The molecule has 1 aromatic carbocycles. The Hall–Kier alpha value is -3.12. The van der Waals surface area contributed by atoms with Crippen molar-refractivity contribution in [2.24, 2.45) is 7.05 Å². The first kappa shape index (κ1) is 15.2. The molecular formula is C20H19N5O. The van der Waals surface area contributed by atoms with Gasteiger partial charge in [0, 0.05) is 49.4 Å². The maximum absolute atomic E-state index is 6.15. The van der Waals surface area contributed by atoms with Gasteiger partial charge in [0.15, 0.2) is 5.76 Å². The highest BCUT2D eigenvalue weighted by Gasteiger charge is 2.20. The minimum Gasteiger partial charge on any atom is -0.459 e. The number of benzene rings is 1. The lowest BCUT2D eigenvalue weighted by molar-refractivity contribution is 0.483. The van der Waals surface area contributed by atoms with Gasteiger partial charge >= 0.3 is 0 Å². The zero-order chi connectivity index (χ0) is 17.5. The molecule has 0 saturated heterocycles. The highest BCUT2D eigenvalue weighted by Crippen LogP contribution is 2.32. The van der Waals surface area contributed by atoms with Crippen LogP contribution < -0.4 is 10.6 Å². The molecule has 5 rings (SSSR count). The van der Waals surface area contributed by atoms with E-state index in [0.717, 1.165) is 53.4 Å². The van der Waals surface area contributed by atoms with Gasteiger partial charge in [0.25, 0.3) is 0 Å². The summed E-state index contributed by atoms with van der Waals surface area (Å²) in [4.78, 5) is 9.46. The van der Waals surface area contributed by atoms with Gasteiger partial charge in [-0.2, -0.15) is 4.98 Å². The van der Waals surface area contributed by atoms with Crippen molar-refractivity contribution in [3.05, 3.63) is 60.0 Å². The van der Waals surface area contributed by atoms with E-state index in [1.165, 1.54) is 5.56 Å². The first-order valence-corrected chi connectivity index (χ1v) is 8.76. The minimum absolute atomic E-state index is 0.563. The van der Waals surface area contributed by atoms with Crippen molar-refractivity contribution in [2.45, 2.75) is 13.0 Å². The van der Waals surface area contributed by atoms with Gasteiger partial charge in [-0.3, -0.25) is 0 Å². The summed E-state index contributed by atoms with van der Waals surface area (Å²) in [6.07, 6.45) is 2.91. The molecule has 26 heavy (non-hydrogen) atoms. The largest absolute Gasteiger partial charge is 0.459 e. The van der Waals surface area contributed by atoms with E-state index < -0.39 is 0 Å². The van der Waals surface area contributed by atoms with E-state index in [2.05, 4.69) is 21.7 Å². The molecular weight excluding hydrogens is 326 g/mol. The lowest BCUT2D eigenvalue weighted by Crippen LogP contribution is -2.22. The predicted octanol–water partition coefficient (Wildman–Crippen LogP) is 3.62. The fourth-order valence-electron chi connectivity index (χ4n) is 3.40. The van der Waals surface area contributed by atoms with Gasteiger partial charge in [0.05, 0.1) is 0 Å². The summed E-state index contributed by atoms with van der Waals surface area (Å²) in [6, 6.07) is 14.1. The predicted molar refractivity (Wildman–Crippen MR) is 101 cm³/mol. The van der Waals surface area contributed by atoms with Crippen LogP contribution in [0, 0.1) is 0 Å². The summed E-state index contributed by atoms with van der Waals surface area (Å²) < 4.78 is 8.15. The molecule has 130 valence electrons. The Morgan fingerprint density at radius 1 is 1.15 bits per heavy atom. The summed E-state index contributed by atoms with van der Waals surface area (Å²) in [6.45, 7) is 1.79. The molecule has 0 fully saturated rings. The fraction of sp³-hybridized carbons (Fsp3) is 0.200. The average Bonchev–Trinajstić information content (AvgIpc) is 3.26. The molecule has 0 bridgehead atoms. The quantitative estimate of drug-likeness (QED) is 0.594. The van der Waals surface area contributed by atoms with Crippen LogP contribution in [0.1, 0.15) is 11.3 Å². The molecule has 0 unspecified atom stereocenters. The van der Waals surface area contributed by atoms with Crippen molar-refractivity contribution < 1.29 is 4.42 Å². The van der Waals surface area contributed by atoms with Crippen LogP contribution in [0.4, 0.5) is 11.6 Å². The van der Waals surface area contributed by atoms with Gasteiger partial charge in [-0.1, -0.05) is 18.2 Å². The summed E-state index contributed by atoms with van der Waals surface area (Å²) in [5.74, 6) is 2.42. The second kappa shape index (κ2) is 6.00. The first-order chi connectivity index (χ1) is 12.8. The zero-order valence-electron chi connectivity index (χ0n) is 14.5. The van der Waals surface area contributed by atoms with Crippen LogP contribution in [0.15, 0.2) is 53.1 Å².